The number of nitrogens with two attached hydrogens (primary N) is 1. The Bertz CT molecular complexity index is 498. The molecule has 0 aliphatic rings. The second kappa shape index (κ2) is 3.83. The van der Waals surface area contributed by atoms with Gasteiger partial charge in [-0.1, -0.05) is 13.8 Å². The van der Waals surface area contributed by atoms with E-state index in [1.54, 1.807) is 6.33 Å². The van der Waals surface area contributed by atoms with Crippen LogP contribution in [-0.4, -0.2) is 19.6 Å². The van der Waals surface area contributed by atoms with Gasteiger partial charge in [0, 0.05) is 11.8 Å². The van der Waals surface area contributed by atoms with Crippen molar-refractivity contribution in [1.82, 2.24) is 19.6 Å². The summed E-state index contributed by atoms with van der Waals surface area (Å²) in [7, 11) is 0. The van der Waals surface area contributed by atoms with Crippen molar-refractivity contribution in [3.05, 3.63) is 23.9 Å². The van der Waals surface area contributed by atoms with Crippen LogP contribution >= 0.6 is 0 Å². The third-order valence-electron chi connectivity index (χ3n) is 3.14. The van der Waals surface area contributed by atoms with Crippen LogP contribution in [0.4, 0.5) is 0 Å². The van der Waals surface area contributed by atoms with Crippen LogP contribution in [0.1, 0.15) is 38.2 Å². The summed E-state index contributed by atoms with van der Waals surface area (Å²) in [5, 5.41) is 8.33. The highest BCUT2D eigenvalue weighted by Crippen LogP contribution is 2.24. The number of hydrogen-bond donors (Lipinski definition) is 1. The summed E-state index contributed by atoms with van der Waals surface area (Å²) >= 11 is 0. The standard InChI is InChI=1S/C11H17N5/c1-4-11(12,5-2)10-15-14-9-6-8(3)13-7-16(9)10/h6-7H,4-5,12H2,1-3H3. The predicted molar refractivity (Wildman–Crippen MR) is 62.0 cm³/mol. The monoisotopic (exact) mass is 219 g/mol. The van der Waals surface area contributed by atoms with Crippen molar-refractivity contribution >= 4 is 5.65 Å². The first kappa shape index (κ1) is 11.0. The van der Waals surface area contributed by atoms with Crippen molar-refractivity contribution in [2.75, 3.05) is 0 Å². The lowest BCUT2D eigenvalue weighted by atomic mass is 9.93. The van der Waals surface area contributed by atoms with E-state index >= 15 is 0 Å². The molecule has 0 aliphatic carbocycles. The average molecular weight is 219 g/mol. The van der Waals surface area contributed by atoms with Crippen molar-refractivity contribution in [1.29, 1.82) is 0 Å². The maximum atomic E-state index is 6.32. The largest absolute Gasteiger partial charge is 0.319 e. The van der Waals surface area contributed by atoms with E-state index < -0.39 is 5.54 Å². The molecule has 2 heterocycles. The van der Waals surface area contributed by atoms with Crippen LogP contribution in [0, 0.1) is 6.92 Å². The van der Waals surface area contributed by atoms with Crippen LogP contribution in [0.5, 0.6) is 0 Å². The molecule has 16 heavy (non-hydrogen) atoms. The Morgan fingerprint density at radius 1 is 1.31 bits per heavy atom. The molecule has 0 saturated carbocycles. The minimum absolute atomic E-state index is 0.420. The van der Waals surface area contributed by atoms with Gasteiger partial charge in [-0.2, -0.15) is 0 Å². The normalized spacial score (nSPS) is 12.2. The molecule has 0 saturated heterocycles. The molecule has 0 radical (unpaired) electrons. The highest BCUT2D eigenvalue weighted by Gasteiger charge is 2.28. The second-order valence-corrected chi connectivity index (χ2v) is 4.15. The van der Waals surface area contributed by atoms with Gasteiger partial charge in [0.05, 0.1) is 5.54 Å². The maximum Gasteiger partial charge on any atom is 0.163 e. The number of rotatable bonds is 3. The van der Waals surface area contributed by atoms with Gasteiger partial charge in [0.15, 0.2) is 11.5 Å². The van der Waals surface area contributed by atoms with E-state index in [1.807, 2.05) is 17.4 Å². The Morgan fingerprint density at radius 2 is 2.00 bits per heavy atom. The van der Waals surface area contributed by atoms with Gasteiger partial charge in [-0.25, -0.2) is 4.98 Å². The third-order valence-corrected chi connectivity index (χ3v) is 3.14. The first-order chi connectivity index (χ1) is 7.60. The number of nitrogens with zero attached hydrogens (tertiary/aromatic N) is 4. The summed E-state index contributed by atoms with van der Waals surface area (Å²) in [4.78, 5) is 4.25. The fourth-order valence-electron chi connectivity index (χ4n) is 1.79. The summed E-state index contributed by atoms with van der Waals surface area (Å²) in [6.45, 7) is 6.06. The van der Waals surface area contributed by atoms with Crippen LogP contribution in [0.2, 0.25) is 0 Å². The molecule has 2 rings (SSSR count). The van der Waals surface area contributed by atoms with Crippen molar-refractivity contribution in [3.63, 3.8) is 0 Å². The predicted octanol–water partition coefficient (Wildman–Crippen LogP) is 1.41. The molecule has 86 valence electrons. The third kappa shape index (κ3) is 1.57. The van der Waals surface area contributed by atoms with Crippen molar-refractivity contribution in [2.45, 2.75) is 39.2 Å². The lowest BCUT2D eigenvalue weighted by Crippen LogP contribution is -2.37. The molecule has 0 unspecified atom stereocenters. The van der Waals surface area contributed by atoms with Crippen LogP contribution in [0.3, 0.4) is 0 Å². The average Bonchev–Trinajstić information content (AvgIpc) is 2.71. The van der Waals surface area contributed by atoms with Crippen LogP contribution in [0.25, 0.3) is 5.65 Å². The first-order valence-electron chi connectivity index (χ1n) is 5.57. The number of aromatic nitrogens is 4. The minimum atomic E-state index is -0.420. The Balaban J connectivity index is 2.62. The van der Waals surface area contributed by atoms with Gasteiger partial charge in [-0.3, -0.25) is 4.40 Å². The Morgan fingerprint density at radius 3 is 2.62 bits per heavy atom. The summed E-state index contributed by atoms with van der Waals surface area (Å²) in [6, 6.07) is 1.90. The lowest BCUT2D eigenvalue weighted by molar-refractivity contribution is 0.383. The molecule has 0 bridgehead atoms. The zero-order chi connectivity index (χ0) is 11.8. The van der Waals surface area contributed by atoms with Gasteiger partial charge < -0.3 is 5.73 Å². The van der Waals surface area contributed by atoms with Crippen LogP contribution in [-0.2, 0) is 5.54 Å². The van der Waals surface area contributed by atoms with Crippen molar-refractivity contribution in [2.24, 2.45) is 5.73 Å². The topological polar surface area (TPSA) is 69.1 Å². The molecule has 2 N–H and O–H groups in total. The van der Waals surface area contributed by atoms with E-state index in [4.69, 9.17) is 5.73 Å². The van der Waals surface area contributed by atoms with Crippen LogP contribution in [0.15, 0.2) is 12.4 Å². The van der Waals surface area contributed by atoms with Gasteiger partial charge >= 0.3 is 0 Å². The fraction of sp³-hybridized carbons (Fsp3) is 0.545. The van der Waals surface area contributed by atoms with E-state index in [1.165, 1.54) is 0 Å². The Hall–Kier alpha value is -1.49. The zero-order valence-corrected chi connectivity index (χ0v) is 9.94. The van der Waals surface area contributed by atoms with Gasteiger partial charge in [0.1, 0.15) is 6.33 Å². The van der Waals surface area contributed by atoms with Crippen molar-refractivity contribution < 1.29 is 0 Å². The smallest absolute Gasteiger partial charge is 0.163 e. The molecule has 0 spiro atoms. The lowest BCUT2D eigenvalue weighted by Gasteiger charge is -2.24. The number of hydrogen-bond acceptors (Lipinski definition) is 4. The summed E-state index contributed by atoms with van der Waals surface area (Å²) in [6.07, 6.45) is 3.41. The second-order valence-electron chi connectivity index (χ2n) is 4.15. The molecule has 2 aromatic rings. The minimum Gasteiger partial charge on any atom is -0.319 e. The molecule has 0 fully saturated rings. The van der Waals surface area contributed by atoms with Gasteiger partial charge in [0.25, 0.3) is 0 Å². The molecule has 2 aromatic heterocycles. The van der Waals surface area contributed by atoms with Crippen molar-refractivity contribution in [3.8, 4) is 0 Å². The Kier molecular flexibility index (Phi) is 2.63. The van der Waals surface area contributed by atoms with E-state index in [2.05, 4.69) is 29.0 Å². The molecule has 5 nitrogen and oxygen atoms in total. The number of aryl methyl sites for hydroxylation is 1. The molecule has 0 aliphatic heterocycles. The quantitative estimate of drug-likeness (QED) is 0.847. The maximum absolute atomic E-state index is 6.32. The van der Waals surface area contributed by atoms with Gasteiger partial charge in [-0.15, -0.1) is 10.2 Å². The molecular formula is C11H17N5. The molecule has 0 aromatic carbocycles. The van der Waals surface area contributed by atoms with E-state index in [9.17, 15) is 0 Å². The highest BCUT2D eigenvalue weighted by molar-refractivity contribution is 5.39. The van der Waals surface area contributed by atoms with E-state index in [0.717, 1.165) is 30.0 Å². The SMILES string of the molecule is CCC(N)(CC)c1nnc2cc(C)ncn12. The highest BCUT2D eigenvalue weighted by atomic mass is 15.3. The molecule has 5 heteroatoms. The summed E-state index contributed by atoms with van der Waals surface area (Å²) in [5.41, 5.74) is 7.63. The fourth-order valence-corrected chi connectivity index (χ4v) is 1.79. The molecular weight excluding hydrogens is 202 g/mol. The van der Waals surface area contributed by atoms with Gasteiger partial charge in [0.2, 0.25) is 0 Å². The zero-order valence-electron chi connectivity index (χ0n) is 9.94. The van der Waals surface area contributed by atoms with E-state index in [0.29, 0.717) is 0 Å². The molecule has 0 amide bonds. The summed E-state index contributed by atoms with van der Waals surface area (Å²) < 4.78 is 1.88. The van der Waals surface area contributed by atoms with Crippen LogP contribution < -0.4 is 5.73 Å². The van der Waals surface area contributed by atoms with E-state index in [-0.39, 0.29) is 0 Å². The number of fused-ring (bicyclic) bond motifs is 1. The Labute approximate surface area is 94.7 Å². The first-order valence-corrected chi connectivity index (χ1v) is 5.57. The summed E-state index contributed by atoms with van der Waals surface area (Å²) in [5.74, 6) is 0.792. The molecule has 0 atom stereocenters. The van der Waals surface area contributed by atoms with Gasteiger partial charge in [-0.05, 0) is 19.8 Å².